The second-order valence-corrected chi connectivity index (χ2v) is 27.0. The number of amides is 2. The third-order valence-electron chi connectivity index (χ3n) is 11.2. The van der Waals surface area contributed by atoms with Crippen molar-refractivity contribution < 1.29 is 57.7 Å². The first-order valence-electron chi connectivity index (χ1n) is 21.0. The lowest BCUT2D eigenvalue weighted by Gasteiger charge is -2.46. The first kappa shape index (κ1) is 52.2. The largest absolute Gasteiger partial charge is 1.00 e. The van der Waals surface area contributed by atoms with Crippen molar-refractivity contribution in [3.8, 4) is 0 Å². The van der Waals surface area contributed by atoms with Gasteiger partial charge in [0.05, 0.1) is 47.9 Å². The fourth-order valence-corrected chi connectivity index (χ4v) is 17.5. The summed E-state index contributed by atoms with van der Waals surface area (Å²) in [7, 11) is -6.78. The number of hydrogen-bond acceptors (Lipinski definition) is 4. The van der Waals surface area contributed by atoms with E-state index in [1.165, 1.54) is 0 Å². The van der Waals surface area contributed by atoms with Crippen molar-refractivity contribution >= 4 is 48.6 Å². The molecule has 0 fully saturated rings. The van der Waals surface area contributed by atoms with E-state index in [-0.39, 0.29) is 23.1 Å². The van der Waals surface area contributed by atoms with E-state index in [1.54, 1.807) is 102 Å². The fourth-order valence-electron chi connectivity index (χ4n) is 8.16. The Morgan fingerprint density at radius 3 is 1.38 bits per heavy atom. The average molecular weight is 986 g/mol. The van der Waals surface area contributed by atoms with Crippen LogP contribution in [0.15, 0.2) is 121 Å². The van der Waals surface area contributed by atoms with Crippen molar-refractivity contribution in [3.63, 3.8) is 0 Å². The maximum Gasteiger partial charge on any atom is 0.408 e. The Balaban J connectivity index is 0.00000898. The van der Waals surface area contributed by atoms with Crippen molar-refractivity contribution in [1.29, 1.82) is 0 Å². The van der Waals surface area contributed by atoms with Crippen molar-refractivity contribution in [3.05, 3.63) is 156 Å². The van der Waals surface area contributed by atoms with Crippen LogP contribution in [0, 0.1) is 34.5 Å². The molecule has 5 aromatic carbocycles. The third kappa shape index (κ3) is 11.5. The van der Waals surface area contributed by atoms with Crippen molar-refractivity contribution in [2.24, 2.45) is 5.41 Å². The maximum atomic E-state index is 16.0. The topological polar surface area (TPSA) is 76.7 Å². The number of nitrogens with one attached hydrogen (secondary N) is 2. The lowest BCUT2D eigenvalue weighted by atomic mass is 9.86. The number of hydrogen-bond donors (Lipinski definition) is 2. The zero-order valence-electron chi connectivity index (χ0n) is 38.0. The molecule has 0 bridgehead atoms. The smallest absolute Gasteiger partial charge is 0.408 e. The maximum absolute atomic E-state index is 16.0. The third-order valence-corrected chi connectivity index (χ3v) is 20.8. The number of carbonyl (C=O) groups excluding carboxylic acids is 2. The zero-order chi connectivity index (χ0) is 46.5. The molecule has 0 saturated heterocycles. The molecule has 5 rings (SSSR count). The number of alkyl carbamates (subject to hydrolysis) is 1. The van der Waals surface area contributed by atoms with Gasteiger partial charge in [-0.2, -0.15) is 0 Å². The van der Waals surface area contributed by atoms with Crippen molar-refractivity contribution in [1.82, 2.24) is 10.6 Å². The molecule has 0 saturated carbocycles. The summed E-state index contributed by atoms with van der Waals surface area (Å²) < 4.78 is 90.1. The van der Waals surface area contributed by atoms with E-state index < -0.39 is 103 Å². The van der Waals surface area contributed by atoms with Crippen LogP contribution in [0.3, 0.4) is 0 Å². The van der Waals surface area contributed by atoms with Crippen molar-refractivity contribution in [2.75, 3.05) is 6.16 Å². The van der Waals surface area contributed by atoms with Gasteiger partial charge in [-0.3, -0.25) is 4.79 Å². The van der Waals surface area contributed by atoms with Crippen LogP contribution in [-0.2, 0) is 20.1 Å². The lowest BCUT2D eigenvalue weighted by molar-refractivity contribution is -0.126. The van der Waals surface area contributed by atoms with Gasteiger partial charge in [-0.25, -0.2) is 26.7 Å². The predicted octanol–water partition coefficient (Wildman–Crippen LogP) is 6.94. The minimum atomic E-state index is -3.40. The van der Waals surface area contributed by atoms with Gasteiger partial charge >= 0.3 is 6.09 Å². The summed E-state index contributed by atoms with van der Waals surface area (Å²) in [5.74, 6) is -10.8. The van der Waals surface area contributed by atoms with E-state index in [0.29, 0.717) is 10.6 Å². The molecule has 0 aliphatic heterocycles. The molecular weight excluding hydrogens is 927 g/mol. The number of halogens is 6. The van der Waals surface area contributed by atoms with Gasteiger partial charge in [0.2, 0.25) is 11.7 Å². The standard InChI is InChI=1S/C50H58F5N2O4PSi.BrH/c1-33(61-63(50(8,9)10,36-27-19-13-20-28-36)37-29-21-14-22-30-37)39(56-46(58)45(48(2,3)4)57-47(59)60-49(5,6)7)32-62(34-23-15-11-16-24-34,35-25-17-12-18-26-35)31-38-40(51)42(53)44(55)43(54)41(38)52;/h11-30,33,39,45H,31-32H2,1-10H3,(H-,56,57,58,59);1H/t33?,39-,45?;/m1./s1. The van der Waals surface area contributed by atoms with Gasteiger partial charge in [-0.15, -0.1) is 0 Å². The Morgan fingerprint density at radius 1 is 0.609 bits per heavy atom. The number of benzene rings is 5. The summed E-state index contributed by atoms with van der Waals surface area (Å²) >= 11 is 0. The van der Waals surface area contributed by atoms with Gasteiger partial charge < -0.3 is 36.8 Å². The first-order chi connectivity index (χ1) is 29.4. The summed E-state index contributed by atoms with van der Waals surface area (Å²) in [4.78, 5) is 28.3. The van der Waals surface area contributed by atoms with Crippen LogP contribution in [-0.4, -0.2) is 50.3 Å². The Morgan fingerprint density at radius 2 is 1.00 bits per heavy atom. The molecule has 0 heterocycles. The molecule has 14 heteroatoms. The van der Waals surface area contributed by atoms with E-state index in [2.05, 4.69) is 31.4 Å². The number of rotatable bonds is 14. The predicted molar refractivity (Wildman–Crippen MR) is 247 cm³/mol. The van der Waals surface area contributed by atoms with Crippen molar-refractivity contribution in [2.45, 2.75) is 104 Å². The monoisotopic (exact) mass is 984 g/mol. The molecule has 344 valence electrons. The van der Waals surface area contributed by atoms with Crippen LogP contribution in [0.5, 0.6) is 0 Å². The molecule has 3 atom stereocenters. The Hall–Kier alpha value is -4.42. The zero-order valence-corrected chi connectivity index (χ0v) is 41.5. The summed E-state index contributed by atoms with van der Waals surface area (Å²) in [6, 6.07) is 35.2. The van der Waals surface area contributed by atoms with Crippen LogP contribution < -0.4 is 48.6 Å². The number of carbonyl (C=O) groups is 2. The molecule has 0 aromatic heterocycles. The second-order valence-electron chi connectivity index (χ2n) is 19.1. The van der Waals surface area contributed by atoms with Crippen LogP contribution in [0.2, 0.25) is 5.04 Å². The first-order valence-corrected chi connectivity index (χ1v) is 25.1. The fraction of sp³-hybridized carbons (Fsp3) is 0.360. The molecule has 0 radical (unpaired) electrons. The molecule has 2 amide bonds. The van der Waals surface area contributed by atoms with E-state index in [1.807, 2.05) is 67.6 Å². The van der Waals surface area contributed by atoms with Gasteiger partial charge in [0.15, 0.2) is 23.3 Å². The molecule has 6 nitrogen and oxygen atoms in total. The van der Waals surface area contributed by atoms with Gasteiger partial charge in [0, 0.05) is 0 Å². The summed E-state index contributed by atoms with van der Waals surface area (Å²) in [5.41, 5.74) is -2.70. The minimum Gasteiger partial charge on any atom is -1.00 e. The van der Waals surface area contributed by atoms with Gasteiger partial charge in [0.25, 0.3) is 8.32 Å². The Kier molecular flexibility index (Phi) is 17.0. The minimum absolute atomic E-state index is 0. The second kappa shape index (κ2) is 20.8. The SMILES string of the molecule is CC(O[Si](c1ccccc1)(c1ccccc1)C(C)(C)C)[C@@H](C[P+](Cc1c(F)c(F)c(F)c(F)c1F)(c1ccccc1)c1ccccc1)NC(=O)C(NC(=O)OC(C)(C)C)C(C)(C)C.[Br-]. The van der Waals surface area contributed by atoms with E-state index in [0.717, 1.165) is 10.4 Å². The van der Waals surface area contributed by atoms with E-state index >= 15 is 17.6 Å². The molecule has 2 N–H and O–H groups in total. The van der Waals surface area contributed by atoms with Crippen LogP contribution in [0.25, 0.3) is 0 Å². The quantitative estimate of drug-likeness (QED) is 0.0416. The highest BCUT2D eigenvalue weighted by Crippen LogP contribution is 2.61. The molecule has 0 aliphatic carbocycles. The van der Waals surface area contributed by atoms with Gasteiger partial charge in [-0.1, -0.05) is 139 Å². The summed E-state index contributed by atoms with van der Waals surface area (Å²) in [6.45, 7) is 18.7. The van der Waals surface area contributed by atoms with Crippen LogP contribution in [0.1, 0.15) is 74.8 Å². The van der Waals surface area contributed by atoms with E-state index in [4.69, 9.17) is 9.16 Å². The van der Waals surface area contributed by atoms with Crippen LogP contribution >= 0.6 is 7.26 Å². The lowest BCUT2D eigenvalue weighted by Crippen LogP contribution is -3.00. The molecule has 2 unspecified atom stereocenters. The Bertz CT molecular complexity index is 2240. The molecule has 5 aromatic rings. The average Bonchev–Trinajstić information content (AvgIpc) is 3.23. The number of ether oxygens (including phenoxy) is 1. The summed E-state index contributed by atoms with van der Waals surface area (Å²) in [5, 5.41) is 8.57. The van der Waals surface area contributed by atoms with Gasteiger partial charge in [0.1, 0.15) is 11.6 Å². The molecular formula is C50H59BrF5N2O4PSi. The Labute approximate surface area is 387 Å². The van der Waals surface area contributed by atoms with Crippen LogP contribution in [0.4, 0.5) is 26.7 Å². The highest BCUT2D eigenvalue weighted by molar-refractivity contribution is 7.88. The molecule has 64 heavy (non-hydrogen) atoms. The normalized spacial score (nSPS) is 13.9. The summed E-state index contributed by atoms with van der Waals surface area (Å²) in [6.07, 6.45) is -2.34. The van der Waals surface area contributed by atoms with E-state index in [9.17, 15) is 14.0 Å². The highest BCUT2D eigenvalue weighted by Gasteiger charge is 2.54. The highest BCUT2D eigenvalue weighted by atomic mass is 79.9. The molecule has 0 aliphatic rings. The van der Waals surface area contributed by atoms with Gasteiger partial charge in [-0.05, 0) is 72.8 Å². The molecule has 0 spiro atoms.